The van der Waals surface area contributed by atoms with E-state index in [1.807, 2.05) is 29.8 Å². The second-order valence-electron chi connectivity index (χ2n) is 5.37. The first-order valence-corrected chi connectivity index (χ1v) is 7.19. The van der Waals surface area contributed by atoms with Gasteiger partial charge in [-0.2, -0.15) is 0 Å². The zero-order chi connectivity index (χ0) is 14.7. The summed E-state index contributed by atoms with van der Waals surface area (Å²) in [5.74, 6) is 2.40. The van der Waals surface area contributed by atoms with Crippen LogP contribution < -0.4 is 10.6 Å². The Hall–Kier alpha value is -2.21. The van der Waals surface area contributed by atoms with Crippen LogP contribution in [0.15, 0.2) is 30.7 Å². The van der Waals surface area contributed by atoms with Gasteiger partial charge in [-0.25, -0.2) is 9.97 Å². The molecule has 2 N–H and O–H groups in total. The van der Waals surface area contributed by atoms with Crippen molar-refractivity contribution in [1.29, 1.82) is 0 Å². The molecule has 0 radical (unpaired) electrons. The van der Waals surface area contributed by atoms with Gasteiger partial charge in [-0.3, -0.25) is 9.36 Å². The van der Waals surface area contributed by atoms with Crippen molar-refractivity contribution in [1.82, 2.24) is 19.9 Å². The Morgan fingerprint density at radius 2 is 2.24 bits per heavy atom. The molecule has 0 saturated heterocycles. The number of rotatable bonds is 6. The molecule has 1 saturated carbocycles. The minimum absolute atomic E-state index is 0.0380. The van der Waals surface area contributed by atoms with Crippen LogP contribution >= 0.6 is 0 Å². The van der Waals surface area contributed by atoms with Crippen molar-refractivity contribution in [3.63, 3.8) is 0 Å². The van der Waals surface area contributed by atoms with E-state index < -0.39 is 0 Å². The van der Waals surface area contributed by atoms with Crippen LogP contribution in [0.3, 0.4) is 0 Å². The van der Waals surface area contributed by atoms with E-state index in [0.29, 0.717) is 12.2 Å². The van der Waals surface area contributed by atoms with Gasteiger partial charge in [-0.05, 0) is 44.4 Å². The highest BCUT2D eigenvalue weighted by atomic mass is 16.1. The predicted octanol–water partition coefficient (Wildman–Crippen LogP) is 1.51. The molecule has 110 valence electrons. The van der Waals surface area contributed by atoms with Crippen LogP contribution in [0, 0.1) is 12.8 Å². The lowest BCUT2D eigenvalue weighted by molar-refractivity contribution is -0.115. The summed E-state index contributed by atoms with van der Waals surface area (Å²) < 4.78 is 1.89. The van der Waals surface area contributed by atoms with Crippen LogP contribution in [-0.2, 0) is 4.79 Å². The number of anilines is 1. The molecule has 1 aliphatic rings. The molecule has 0 unspecified atom stereocenters. The fourth-order valence-corrected chi connectivity index (χ4v) is 2.14. The number of pyridine rings is 1. The van der Waals surface area contributed by atoms with Crippen molar-refractivity contribution in [3.8, 4) is 5.82 Å². The van der Waals surface area contributed by atoms with Gasteiger partial charge in [0, 0.05) is 12.4 Å². The third-order valence-corrected chi connectivity index (χ3v) is 3.52. The third kappa shape index (κ3) is 3.66. The van der Waals surface area contributed by atoms with Gasteiger partial charge in [0.1, 0.15) is 11.6 Å². The smallest absolute Gasteiger partial charge is 0.238 e. The summed E-state index contributed by atoms with van der Waals surface area (Å²) in [5, 5.41) is 6.00. The molecule has 2 heterocycles. The van der Waals surface area contributed by atoms with E-state index >= 15 is 0 Å². The first kappa shape index (κ1) is 13.8. The van der Waals surface area contributed by atoms with Crippen LogP contribution in [0.5, 0.6) is 0 Å². The largest absolute Gasteiger partial charge is 0.324 e. The van der Waals surface area contributed by atoms with Gasteiger partial charge < -0.3 is 10.6 Å². The molecule has 1 fully saturated rings. The number of amides is 1. The van der Waals surface area contributed by atoms with Gasteiger partial charge in [-0.1, -0.05) is 0 Å². The predicted molar refractivity (Wildman–Crippen MR) is 80.3 cm³/mol. The summed E-state index contributed by atoms with van der Waals surface area (Å²) in [6.07, 6.45) is 7.82. The second kappa shape index (κ2) is 6.05. The number of nitrogens with one attached hydrogen (secondary N) is 2. The van der Waals surface area contributed by atoms with E-state index in [1.165, 1.54) is 12.8 Å². The molecule has 0 aliphatic heterocycles. The summed E-state index contributed by atoms with van der Waals surface area (Å²) >= 11 is 0. The molecule has 1 amide bonds. The number of carbonyl (C=O) groups is 1. The number of carbonyl (C=O) groups excluding carboxylic acids is 1. The van der Waals surface area contributed by atoms with Crippen molar-refractivity contribution in [2.75, 3.05) is 18.4 Å². The fourth-order valence-electron chi connectivity index (χ4n) is 2.14. The lowest BCUT2D eigenvalue weighted by Gasteiger charge is -2.08. The molecule has 6 heteroatoms. The maximum absolute atomic E-state index is 11.8. The highest BCUT2D eigenvalue weighted by Gasteiger charge is 2.20. The third-order valence-electron chi connectivity index (χ3n) is 3.52. The Bertz CT molecular complexity index is 615. The summed E-state index contributed by atoms with van der Waals surface area (Å²) in [6, 6.07) is 3.71. The van der Waals surface area contributed by atoms with Gasteiger partial charge in [0.2, 0.25) is 5.91 Å². The Morgan fingerprint density at radius 1 is 1.38 bits per heavy atom. The van der Waals surface area contributed by atoms with Crippen LogP contribution in [0.2, 0.25) is 0 Å². The first-order chi connectivity index (χ1) is 10.2. The van der Waals surface area contributed by atoms with Crippen molar-refractivity contribution in [2.24, 2.45) is 5.92 Å². The molecule has 21 heavy (non-hydrogen) atoms. The molecular weight excluding hydrogens is 266 g/mol. The number of nitrogens with zero attached hydrogens (tertiary/aromatic N) is 3. The molecule has 3 rings (SSSR count). The standard InChI is InChI=1S/C15H19N5O/c1-11-17-6-7-20(11)14-5-4-13(9-18-14)19-15(21)10-16-8-12-2-3-12/h4-7,9,12,16H,2-3,8,10H2,1H3,(H,19,21). The molecule has 0 atom stereocenters. The van der Waals surface area contributed by atoms with Gasteiger partial charge in [0.05, 0.1) is 18.4 Å². The Balaban J connectivity index is 1.54. The van der Waals surface area contributed by atoms with Crippen LogP contribution in [0.1, 0.15) is 18.7 Å². The van der Waals surface area contributed by atoms with E-state index in [2.05, 4.69) is 20.6 Å². The zero-order valence-electron chi connectivity index (χ0n) is 12.0. The molecule has 2 aromatic heterocycles. The Kier molecular flexibility index (Phi) is 3.96. The van der Waals surface area contributed by atoms with E-state index in [-0.39, 0.29) is 5.91 Å². The number of hydrogen-bond donors (Lipinski definition) is 2. The minimum Gasteiger partial charge on any atom is -0.324 e. The molecular formula is C15H19N5O. The average Bonchev–Trinajstić information content (AvgIpc) is 3.20. The maximum Gasteiger partial charge on any atom is 0.238 e. The highest BCUT2D eigenvalue weighted by molar-refractivity contribution is 5.92. The van der Waals surface area contributed by atoms with Crippen LogP contribution in [-0.4, -0.2) is 33.5 Å². The number of aromatic nitrogens is 3. The monoisotopic (exact) mass is 285 g/mol. The van der Waals surface area contributed by atoms with Crippen LogP contribution in [0.4, 0.5) is 5.69 Å². The molecule has 0 spiro atoms. The van der Waals surface area contributed by atoms with Gasteiger partial charge in [-0.15, -0.1) is 0 Å². The molecule has 1 aliphatic carbocycles. The van der Waals surface area contributed by atoms with Crippen LogP contribution in [0.25, 0.3) is 5.82 Å². The Labute approximate surface area is 123 Å². The summed E-state index contributed by atoms with van der Waals surface area (Å²) in [5.41, 5.74) is 0.703. The average molecular weight is 285 g/mol. The molecule has 6 nitrogen and oxygen atoms in total. The maximum atomic E-state index is 11.8. The van der Waals surface area contributed by atoms with Crippen molar-refractivity contribution >= 4 is 11.6 Å². The normalized spacial score (nSPS) is 14.1. The first-order valence-electron chi connectivity index (χ1n) is 7.19. The van der Waals surface area contributed by atoms with E-state index in [4.69, 9.17) is 0 Å². The van der Waals surface area contributed by atoms with Gasteiger partial charge in [0.25, 0.3) is 0 Å². The number of hydrogen-bond acceptors (Lipinski definition) is 4. The van der Waals surface area contributed by atoms with E-state index in [1.54, 1.807) is 12.4 Å². The molecule has 2 aromatic rings. The summed E-state index contributed by atoms with van der Waals surface area (Å²) in [4.78, 5) is 20.3. The number of aryl methyl sites for hydroxylation is 1. The minimum atomic E-state index is -0.0380. The van der Waals surface area contributed by atoms with E-state index in [0.717, 1.165) is 24.1 Å². The van der Waals surface area contributed by atoms with Gasteiger partial charge >= 0.3 is 0 Å². The lowest BCUT2D eigenvalue weighted by Crippen LogP contribution is -2.29. The fraction of sp³-hybridized carbons (Fsp3) is 0.400. The highest BCUT2D eigenvalue weighted by Crippen LogP contribution is 2.27. The van der Waals surface area contributed by atoms with E-state index in [9.17, 15) is 4.79 Å². The SMILES string of the molecule is Cc1nccn1-c1ccc(NC(=O)CNCC2CC2)cn1. The zero-order valence-corrected chi connectivity index (χ0v) is 12.0. The summed E-state index contributed by atoms with van der Waals surface area (Å²) in [7, 11) is 0. The summed E-state index contributed by atoms with van der Waals surface area (Å²) in [6.45, 7) is 3.20. The molecule has 0 bridgehead atoms. The lowest BCUT2D eigenvalue weighted by atomic mass is 10.3. The van der Waals surface area contributed by atoms with Crippen molar-refractivity contribution < 1.29 is 4.79 Å². The Morgan fingerprint density at radius 3 is 2.86 bits per heavy atom. The quantitative estimate of drug-likeness (QED) is 0.844. The second-order valence-corrected chi connectivity index (χ2v) is 5.37. The van der Waals surface area contributed by atoms with Crippen molar-refractivity contribution in [3.05, 3.63) is 36.5 Å². The topological polar surface area (TPSA) is 71.8 Å². The molecule has 0 aromatic carbocycles. The van der Waals surface area contributed by atoms with Crippen molar-refractivity contribution in [2.45, 2.75) is 19.8 Å². The van der Waals surface area contributed by atoms with Gasteiger partial charge in [0.15, 0.2) is 0 Å². The number of imidazole rings is 1.